The minimum atomic E-state index is -3.44. The number of sulfonamides is 1. The molecule has 25 heavy (non-hydrogen) atoms. The van der Waals surface area contributed by atoms with E-state index < -0.39 is 10.0 Å². The second-order valence-corrected chi connectivity index (χ2v) is 7.63. The number of halogens is 1. The van der Waals surface area contributed by atoms with Gasteiger partial charge in [-0.3, -0.25) is 4.79 Å². The smallest absolute Gasteiger partial charge is 0.221 e. The number of furan rings is 1. The number of rotatable bonds is 9. The van der Waals surface area contributed by atoms with E-state index in [2.05, 4.69) is 5.32 Å². The van der Waals surface area contributed by atoms with Gasteiger partial charge in [-0.2, -0.15) is 0 Å². The SMILES string of the molecule is CS(=O)(=O)N(CCC(=O)NCc1ccco1)CCc1ccc(F)cc1. The molecule has 1 N–H and O–H groups in total. The van der Waals surface area contributed by atoms with Gasteiger partial charge in [0, 0.05) is 19.5 Å². The molecule has 0 aliphatic heterocycles. The summed E-state index contributed by atoms with van der Waals surface area (Å²) in [4.78, 5) is 11.9. The summed E-state index contributed by atoms with van der Waals surface area (Å²) in [6.45, 7) is 0.584. The summed E-state index contributed by atoms with van der Waals surface area (Å²) in [7, 11) is -3.44. The second kappa shape index (κ2) is 8.77. The van der Waals surface area contributed by atoms with Crippen LogP contribution < -0.4 is 5.32 Å². The fourth-order valence-electron chi connectivity index (χ4n) is 2.26. The summed E-state index contributed by atoms with van der Waals surface area (Å²) >= 11 is 0. The normalized spacial score (nSPS) is 11.6. The lowest BCUT2D eigenvalue weighted by Crippen LogP contribution is -2.35. The van der Waals surface area contributed by atoms with Gasteiger partial charge in [-0.1, -0.05) is 12.1 Å². The fourth-order valence-corrected chi connectivity index (χ4v) is 3.11. The number of hydrogen-bond acceptors (Lipinski definition) is 4. The van der Waals surface area contributed by atoms with Crippen molar-refractivity contribution in [2.75, 3.05) is 19.3 Å². The largest absolute Gasteiger partial charge is 0.467 e. The maximum atomic E-state index is 12.9. The zero-order valence-electron chi connectivity index (χ0n) is 13.9. The molecule has 0 fully saturated rings. The maximum absolute atomic E-state index is 12.9. The van der Waals surface area contributed by atoms with Gasteiger partial charge in [0.25, 0.3) is 0 Å². The number of benzene rings is 1. The summed E-state index contributed by atoms with van der Waals surface area (Å²) in [5.74, 6) is 0.0356. The molecule has 0 bridgehead atoms. The Labute approximate surface area is 146 Å². The topological polar surface area (TPSA) is 79.6 Å². The zero-order chi connectivity index (χ0) is 18.3. The van der Waals surface area contributed by atoms with Gasteiger partial charge in [-0.15, -0.1) is 0 Å². The third kappa shape index (κ3) is 6.67. The molecule has 8 heteroatoms. The van der Waals surface area contributed by atoms with Crippen LogP contribution in [0, 0.1) is 5.82 Å². The van der Waals surface area contributed by atoms with Crippen LogP contribution in [0.3, 0.4) is 0 Å². The Morgan fingerprint density at radius 2 is 1.92 bits per heavy atom. The molecular formula is C17H21FN2O4S. The predicted octanol–water partition coefficient (Wildman–Crippen LogP) is 1.93. The van der Waals surface area contributed by atoms with Crippen molar-refractivity contribution in [2.45, 2.75) is 19.4 Å². The summed E-state index contributed by atoms with van der Waals surface area (Å²) in [5, 5.41) is 2.68. The van der Waals surface area contributed by atoms with Crippen LogP contribution in [0.25, 0.3) is 0 Å². The molecular weight excluding hydrogens is 347 g/mol. The van der Waals surface area contributed by atoms with Crippen molar-refractivity contribution < 1.29 is 22.0 Å². The monoisotopic (exact) mass is 368 g/mol. The van der Waals surface area contributed by atoms with Crippen molar-refractivity contribution in [1.82, 2.24) is 9.62 Å². The maximum Gasteiger partial charge on any atom is 0.221 e. The molecule has 0 aliphatic carbocycles. The highest BCUT2D eigenvalue weighted by atomic mass is 32.2. The van der Waals surface area contributed by atoms with Crippen molar-refractivity contribution in [3.05, 3.63) is 59.8 Å². The van der Waals surface area contributed by atoms with Gasteiger partial charge < -0.3 is 9.73 Å². The molecule has 2 rings (SSSR count). The minimum Gasteiger partial charge on any atom is -0.467 e. The molecule has 0 spiro atoms. The van der Waals surface area contributed by atoms with E-state index in [1.807, 2.05) is 0 Å². The standard InChI is InChI=1S/C17H21FN2O4S/c1-25(22,23)20(10-8-14-4-6-15(18)7-5-14)11-9-17(21)19-13-16-3-2-12-24-16/h2-7,12H,8-11,13H2,1H3,(H,19,21). The Kier molecular flexibility index (Phi) is 6.72. The molecule has 0 saturated heterocycles. The van der Waals surface area contributed by atoms with Crippen LogP contribution in [0.15, 0.2) is 47.1 Å². The Balaban J connectivity index is 1.83. The van der Waals surface area contributed by atoms with Gasteiger partial charge in [0.2, 0.25) is 15.9 Å². The number of amides is 1. The average Bonchev–Trinajstić information content (AvgIpc) is 3.06. The van der Waals surface area contributed by atoms with E-state index in [9.17, 15) is 17.6 Å². The van der Waals surface area contributed by atoms with Crippen LogP contribution in [-0.4, -0.2) is 38.0 Å². The van der Waals surface area contributed by atoms with E-state index in [4.69, 9.17) is 4.42 Å². The van der Waals surface area contributed by atoms with Crippen LogP contribution in [0.4, 0.5) is 4.39 Å². The number of carbonyl (C=O) groups excluding carboxylic acids is 1. The van der Waals surface area contributed by atoms with Gasteiger partial charge in [-0.05, 0) is 36.2 Å². The first kappa shape index (κ1) is 19.1. The lowest BCUT2D eigenvalue weighted by Gasteiger charge is -2.19. The minimum absolute atomic E-state index is 0.0528. The lowest BCUT2D eigenvalue weighted by atomic mass is 10.1. The fraction of sp³-hybridized carbons (Fsp3) is 0.353. The predicted molar refractivity (Wildman–Crippen MR) is 91.7 cm³/mol. The summed E-state index contributed by atoms with van der Waals surface area (Å²) in [6, 6.07) is 9.37. The van der Waals surface area contributed by atoms with Crippen LogP contribution >= 0.6 is 0 Å². The highest BCUT2D eigenvalue weighted by Crippen LogP contribution is 2.07. The highest BCUT2D eigenvalue weighted by Gasteiger charge is 2.17. The molecule has 2 aromatic rings. The molecule has 0 atom stereocenters. The Morgan fingerprint density at radius 1 is 1.20 bits per heavy atom. The molecule has 0 aliphatic rings. The molecule has 1 amide bonds. The second-order valence-electron chi connectivity index (χ2n) is 5.64. The van der Waals surface area contributed by atoms with Crippen LogP contribution in [0.1, 0.15) is 17.7 Å². The number of hydrogen-bond donors (Lipinski definition) is 1. The van der Waals surface area contributed by atoms with E-state index >= 15 is 0 Å². The summed E-state index contributed by atoms with van der Waals surface area (Å²) < 4.78 is 43.0. The summed E-state index contributed by atoms with van der Waals surface area (Å²) in [6.07, 6.45) is 3.12. The Bertz CT molecular complexity index is 773. The number of nitrogens with one attached hydrogen (secondary N) is 1. The molecule has 1 aromatic carbocycles. The number of carbonyl (C=O) groups is 1. The number of nitrogens with zero attached hydrogens (tertiary/aromatic N) is 1. The molecule has 6 nitrogen and oxygen atoms in total. The molecule has 0 unspecified atom stereocenters. The molecule has 0 radical (unpaired) electrons. The first-order valence-corrected chi connectivity index (χ1v) is 9.68. The van der Waals surface area contributed by atoms with Gasteiger partial charge >= 0.3 is 0 Å². The van der Waals surface area contributed by atoms with Crippen molar-refractivity contribution in [3.63, 3.8) is 0 Å². The van der Waals surface area contributed by atoms with Crippen molar-refractivity contribution in [1.29, 1.82) is 0 Å². The van der Waals surface area contributed by atoms with Gasteiger partial charge in [0.15, 0.2) is 0 Å². The van der Waals surface area contributed by atoms with Crippen LogP contribution in [-0.2, 0) is 27.8 Å². The Morgan fingerprint density at radius 3 is 2.52 bits per heavy atom. The van der Waals surface area contributed by atoms with E-state index in [-0.39, 0.29) is 37.8 Å². The van der Waals surface area contributed by atoms with Gasteiger partial charge in [0.05, 0.1) is 19.1 Å². The van der Waals surface area contributed by atoms with Crippen molar-refractivity contribution in [2.24, 2.45) is 0 Å². The Hall–Kier alpha value is -2.19. The van der Waals surface area contributed by atoms with E-state index in [0.717, 1.165) is 11.8 Å². The molecule has 0 saturated carbocycles. The van der Waals surface area contributed by atoms with E-state index in [1.165, 1.54) is 22.7 Å². The highest BCUT2D eigenvalue weighted by molar-refractivity contribution is 7.88. The quantitative estimate of drug-likeness (QED) is 0.733. The lowest BCUT2D eigenvalue weighted by molar-refractivity contribution is -0.121. The van der Waals surface area contributed by atoms with Gasteiger partial charge in [-0.25, -0.2) is 17.1 Å². The first-order valence-electron chi connectivity index (χ1n) is 7.83. The third-order valence-corrected chi connectivity index (χ3v) is 4.96. The van der Waals surface area contributed by atoms with Crippen LogP contribution in [0.2, 0.25) is 0 Å². The molecule has 1 heterocycles. The molecule has 136 valence electrons. The van der Waals surface area contributed by atoms with E-state index in [0.29, 0.717) is 12.2 Å². The molecule has 1 aromatic heterocycles. The van der Waals surface area contributed by atoms with Crippen LogP contribution in [0.5, 0.6) is 0 Å². The summed E-state index contributed by atoms with van der Waals surface area (Å²) in [5.41, 5.74) is 0.831. The van der Waals surface area contributed by atoms with Crippen molar-refractivity contribution >= 4 is 15.9 Å². The average molecular weight is 368 g/mol. The first-order chi connectivity index (χ1) is 11.8. The zero-order valence-corrected chi connectivity index (χ0v) is 14.8. The third-order valence-electron chi connectivity index (χ3n) is 3.66. The van der Waals surface area contributed by atoms with Gasteiger partial charge in [0.1, 0.15) is 11.6 Å². The van der Waals surface area contributed by atoms with Crippen molar-refractivity contribution in [3.8, 4) is 0 Å². The van der Waals surface area contributed by atoms with E-state index in [1.54, 1.807) is 24.3 Å².